The van der Waals surface area contributed by atoms with Gasteiger partial charge in [-0.05, 0) is 23.8 Å². The smallest absolute Gasteiger partial charge is 0.227 e. The van der Waals surface area contributed by atoms with E-state index >= 15 is 0 Å². The third-order valence-corrected chi connectivity index (χ3v) is 4.74. The molecule has 0 radical (unpaired) electrons. The lowest BCUT2D eigenvalue weighted by Crippen LogP contribution is -2.32. The molecule has 1 unspecified atom stereocenters. The molecule has 3 heterocycles. The van der Waals surface area contributed by atoms with Crippen LogP contribution in [0.1, 0.15) is 12.0 Å². The zero-order valence-electron chi connectivity index (χ0n) is 15.3. The van der Waals surface area contributed by atoms with Crippen LogP contribution in [0.3, 0.4) is 0 Å². The van der Waals surface area contributed by atoms with Crippen LogP contribution in [-0.2, 0) is 16.1 Å². The fraction of sp³-hybridized carbons (Fsp3) is 0.200. The van der Waals surface area contributed by atoms with E-state index < -0.39 is 17.6 Å². The van der Waals surface area contributed by atoms with Crippen molar-refractivity contribution >= 4 is 17.5 Å². The van der Waals surface area contributed by atoms with E-state index in [1.807, 2.05) is 6.07 Å². The number of rotatable bonds is 5. The van der Waals surface area contributed by atoms with Crippen LogP contribution in [0.2, 0.25) is 0 Å². The van der Waals surface area contributed by atoms with Crippen molar-refractivity contribution in [2.24, 2.45) is 5.92 Å². The van der Waals surface area contributed by atoms with Gasteiger partial charge >= 0.3 is 0 Å². The molecule has 148 valence electrons. The minimum atomic E-state index is -0.830. The third-order valence-electron chi connectivity index (χ3n) is 4.74. The van der Waals surface area contributed by atoms with Gasteiger partial charge in [0, 0.05) is 44.2 Å². The van der Waals surface area contributed by atoms with E-state index in [9.17, 15) is 18.4 Å². The number of halogens is 2. The second-order valence-electron chi connectivity index (χ2n) is 6.71. The number of carbonyl (C=O) groups excluding carboxylic acids is 2. The van der Waals surface area contributed by atoms with Crippen LogP contribution in [0.15, 0.2) is 55.2 Å². The molecule has 1 saturated heterocycles. The third kappa shape index (κ3) is 3.98. The lowest BCUT2D eigenvalue weighted by Gasteiger charge is -2.17. The largest absolute Gasteiger partial charge is 0.352 e. The van der Waals surface area contributed by atoms with Crippen LogP contribution in [0.4, 0.5) is 14.5 Å². The summed E-state index contributed by atoms with van der Waals surface area (Å²) in [6, 6.07) is 6.65. The Balaban J connectivity index is 1.36. The molecule has 1 N–H and O–H groups in total. The van der Waals surface area contributed by atoms with Gasteiger partial charge in [-0.1, -0.05) is 6.07 Å². The molecule has 4 rings (SSSR count). The number of imidazole rings is 1. The second kappa shape index (κ2) is 7.78. The molecular weight excluding hydrogens is 380 g/mol. The summed E-state index contributed by atoms with van der Waals surface area (Å²) in [5.41, 5.74) is 0.777. The van der Waals surface area contributed by atoms with Crippen molar-refractivity contribution in [1.29, 1.82) is 0 Å². The zero-order chi connectivity index (χ0) is 20.4. The van der Waals surface area contributed by atoms with Crippen molar-refractivity contribution in [3.05, 3.63) is 72.4 Å². The predicted octanol–water partition coefficient (Wildman–Crippen LogP) is 2.21. The molecule has 1 aromatic carbocycles. The Bertz CT molecular complexity index is 1040. The average molecular weight is 397 g/mol. The van der Waals surface area contributed by atoms with Crippen LogP contribution in [0, 0.1) is 17.6 Å². The van der Waals surface area contributed by atoms with Gasteiger partial charge in [0.05, 0.1) is 11.6 Å². The number of aromatic nitrogens is 3. The predicted molar refractivity (Wildman–Crippen MR) is 100 cm³/mol. The Morgan fingerprint density at radius 1 is 1.24 bits per heavy atom. The van der Waals surface area contributed by atoms with E-state index in [0.29, 0.717) is 5.82 Å². The summed E-state index contributed by atoms with van der Waals surface area (Å²) in [6.07, 6.45) is 6.68. The first-order valence-corrected chi connectivity index (χ1v) is 8.97. The van der Waals surface area contributed by atoms with Crippen LogP contribution < -0.4 is 10.2 Å². The molecule has 1 fully saturated rings. The van der Waals surface area contributed by atoms with Crippen LogP contribution in [-0.4, -0.2) is 32.9 Å². The number of benzene rings is 1. The zero-order valence-corrected chi connectivity index (χ0v) is 15.3. The summed E-state index contributed by atoms with van der Waals surface area (Å²) < 4.78 is 28.8. The van der Waals surface area contributed by atoms with Gasteiger partial charge in [0.2, 0.25) is 11.8 Å². The molecular formula is C20H17F2N5O2. The van der Waals surface area contributed by atoms with Gasteiger partial charge in [0.1, 0.15) is 23.8 Å². The highest BCUT2D eigenvalue weighted by molar-refractivity contribution is 6.00. The number of hydrogen-bond acceptors (Lipinski definition) is 4. The topological polar surface area (TPSA) is 80.1 Å². The lowest BCUT2D eigenvalue weighted by molar-refractivity contribution is -0.126. The first-order chi connectivity index (χ1) is 14.0. The SMILES string of the molecule is O=C(NCc1ccc(-n2ccnc2)nc1)C1CC(=O)N(c2ccc(F)cc2F)C1. The van der Waals surface area contributed by atoms with E-state index in [2.05, 4.69) is 15.3 Å². The molecule has 7 nitrogen and oxygen atoms in total. The first-order valence-electron chi connectivity index (χ1n) is 8.97. The van der Waals surface area contributed by atoms with Crippen LogP contribution in [0.25, 0.3) is 5.82 Å². The number of nitrogens with one attached hydrogen (secondary N) is 1. The minimum absolute atomic E-state index is 0.0222. The second-order valence-corrected chi connectivity index (χ2v) is 6.71. The van der Waals surface area contributed by atoms with Crippen molar-refractivity contribution in [2.75, 3.05) is 11.4 Å². The van der Waals surface area contributed by atoms with Crippen molar-refractivity contribution in [1.82, 2.24) is 19.9 Å². The molecule has 1 aliphatic heterocycles. The highest BCUT2D eigenvalue weighted by Gasteiger charge is 2.36. The number of hydrogen-bond donors (Lipinski definition) is 1. The molecule has 1 aliphatic rings. The molecule has 2 aromatic heterocycles. The molecule has 1 atom stereocenters. The van der Waals surface area contributed by atoms with Gasteiger partial charge < -0.3 is 10.2 Å². The Morgan fingerprint density at radius 2 is 2.10 bits per heavy atom. The number of carbonyl (C=O) groups is 2. The number of anilines is 1. The van der Waals surface area contributed by atoms with Crippen molar-refractivity contribution < 1.29 is 18.4 Å². The van der Waals surface area contributed by atoms with Gasteiger partial charge in [-0.15, -0.1) is 0 Å². The Labute approximate surface area is 165 Å². The van der Waals surface area contributed by atoms with Gasteiger partial charge in [-0.25, -0.2) is 18.7 Å². The Kier molecular flexibility index (Phi) is 5.03. The van der Waals surface area contributed by atoms with Crippen molar-refractivity contribution in [2.45, 2.75) is 13.0 Å². The molecule has 2 amide bonds. The monoisotopic (exact) mass is 397 g/mol. The van der Waals surface area contributed by atoms with Gasteiger partial charge in [-0.3, -0.25) is 14.2 Å². The van der Waals surface area contributed by atoms with E-state index in [1.54, 1.807) is 35.6 Å². The van der Waals surface area contributed by atoms with E-state index in [-0.39, 0.29) is 37.0 Å². The molecule has 9 heteroatoms. The number of amides is 2. The van der Waals surface area contributed by atoms with Gasteiger partial charge in [-0.2, -0.15) is 0 Å². The highest BCUT2D eigenvalue weighted by Crippen LogP contribution is 2.28. The number of pyridine rings is 1. The Hall–Kier alpha value is -3.62. The maximum atomic E-state index is 14.0. The molecule has 29 heavy (non-hydrogen) atoms. The summed E-state index contributed by atoms with van der Waals surface area (Å²) in [4.78, 5) is 34.1. The fourth-order valence-electron chi connectivity index (χ4n) is 3.22. The summed E-state index contributed by atoms with van der Waals surface area (Å²) in [7, 11) is 0. The fourth-order valence-corrected chi connectivity index (χ4v) is 3.22. The van der Waals surface area contributed by atoms with E-state index in [4.69, 9.17) is 0 Å². The van der Waals surface area contributed by atoms with Crippen molar-refractivity contribution in [3.8, 4) is 5.82 Å². The molecule has 0 spiro atoms. The highest BCUT2D eigenvalue weighted by atomic mass is 19.1. The maximum absolute atomic E-state index is 14.0. The normalized spacial score (nSPS) is 16.3. The lowest BCUT2D eigenvalue weighted by atomic mass is 10.1. The van der Waals surface area contributed by atoms with Crippen LogP contribution in [0.5, 0.6) is 0 Å². The van der Waals surface area contributed by atoms with Crippen molar-refractivity contribution in [3.63, 3.8) is 0 Å². The first kappa shape index (κ1) is 18.7. The summed E-state index contributed by atoms with van der Waals surface area (Å²) in [5.74, 6) is -2.13. The summed E-state index contributed by atoms with van der Waals surface area (Å²) >= 11 is 0. The van der Waals surface area contributed by atoms with E-state index in [1.165, 1.54) is 11.0 Å². The molecule has 0 aliphatic carbocycles. The summed E-state index contributed by atoms with van der Waals surface area (Å²) in [5, 5.41) is 2.78. The Morgan fingerprint density at radius 3 is 2.79 bits per heavy atom. The van der Waals surface area contributed by atoms with E-state index in [0.717, 1.165) is 17.7 Å². The van der Waals surface area contributed by atoms with Crippen LogP contribution >= 0.6 is 0 Å². The average Bonchev–Trinajstić information content (AvgIpc) is 3.37. The maximum Gasteiger partial charge on any atom is 0.227 e. The molecule has 0 saturated carbocycles. The van der Waals surface area contributed by atoms with Gasteiger partial charge in [0.15, 0.2) is 0 Å². The van der Waals surface area contributed by atoms with Gasteiger partial charge in [0.25, 0.3) is 0 Å². The molecule has 3 aromatic rings. The minimum Gasteiger partial charge on any atom is -0.352 e. The summed E-state index contributed by atoms with van der Waals surface area (Å²) in [6.45, 7) is 0.302. The molecule has 0 bridgehead atoms. The standard InChI is InChI=1S/C20H17F2N5O2/c21-15-2-3-17(16(22)8-15)27-11-14(7-19(27)28)20(29)25-10-13-1-4-18(24-9-13)26-6-5-23-12-26/h1-6,8-9,12,14H,7,10-11H2,(H,25,29). The number of nitrogens with zero attached hydrogens (tertiary/aromatic N) is 4. The quantitative estimate of drug-likeness (QED) is 0.716.